The van der Waals surface area contributed by atoms with Crippen LogP contribution in [0.1, 0.15) is 21.7 Å². The average molecular weight is 380 g/mol. The third-order valence-corrected chi connectivity index (χ3v) is 5.71. The number of carboxylic acid groups (broad SMARTS) is 1. The molecule has 138 valence electrons. The highest BCUT2D eigenvalue weighted by Crippen LogP contribution is 2.59. The monoisotopic (exact) mass is 380 g/mol. The van der Waals surface area contributed by atoms with Crippen molar-refractivity contribution in [3.63, 3.8) is 0 Å². The number of nitro groups is 1. The maximum absolute atomic E-state index is 13.0. The van der Waals surface area contributed by atoms with Crippen molar-refractivity contribution in [2.75, 3.05) is 19.5 Å². The topological polar surface area (TPSA) is 128 Å². The largest absolute Gasteiger partial charge is 0.478 e. The van der Waals surface area contributed by atoms with Gasteiger partial charge in [-0.3, -0.25) is 14.7 Å². The van der Waals surface area contributed by atoms with E-state index >= 15 is 0 Å². The van der Waals surface area contributed by atoms with Crippen LogP contribution >= 0.6 is 7.60 Å². The number of carboxylic acids is 1. The number of hydrogen-bond acceptors (Lipinski definition) is 7. The Bertz CT molecular complexity index is 863. The summed E-state index contributed by atoms with van der Waals surface area (Å²) in [6.45, 7) is 0. The van der Waals surface area contributed by atoms with Crippen molar-refractivity contribution >= 4 is 24.9 Å². The number of nitrogens with one attached hydrogen (secondary N) is 1. The lowest BCUT2D eigenvalue weighted by Crippen LogP contribution is -2.14. The van der Waals surface area contributed by atoms with Gasteiger partial charge in [-0.1, -0.05) is 18.2 Å². The zero-order valence-electron chi connectivity index (χ0n) is 14.0. The van der Waals surface area contributed by atoms with Gasteiger partial charge >= 0.3 is 13.6 Å². The van der Waals surface area contributed by atoms with E-state index in [-0.39, 0.29) is 11.3 Å². The van der Waals surface area contributed by atoms with E-state index in [0.29, 0.717) is 11.3 Å². The highest BCUT2D eigenvalue weighted by molar-refractivity contribution is 7.54. The van der Waals surface area contributed by atoms with Gasteiger partial charge in [0.15, 0.2) is 5.78 Å². The van der Waals surface area contributed by atoms with Crippen molar-refractivity contribution in [3.05, 3.63) is 69.8 Å². The van der Waals surface area contributed by atoms with E-state index in [2.05, 4.69) is 5.32 Å². The summed E-state index contributed by atoms with van der Waals surface area (Å²) >= 11 is 0. The van der Waals surface area contributed by atoms with Crippen molar-refractivity contribution in [3.8, 4) is 0 Å². The summed E-state index contributed by atoms with van der Waals surface area (Å²) in [5, 5.41) is 23.0. The standard InChI is InChI=1S/C16H17N2O7P/c1-24-26(23,25-2)15(11-5-4-8-14(10-11)18(21)22)17-13-7-3-6-12(9-13)16(19)20/h3-10,15,17H,1-2H3,(H,19,20). The molecule has 0 aliphatic carbocycles. The fourth-order valence-electron chi connectivity index (χ4n) is 2.34. The van der Waals surface area contributed by atoms with E-state index in [9.17, 15) is 19.5 Å². The second kappa shape index (κ2) is 8.09. The van der Waals surface area contributed by atoms with Crippen LogP contribution in [0, 0.1) is 10.1 Å². The molecule has 0 fully saturated rings. The lowest BCUT2D eigenvalue weighted by molar-refractivity contribution is -0.384. The summed E-state index contributed by atoms with van der Waals surface area (Å²) < 4.78 is 23.0. The first kappa shape index (κ1) is 19.6. The Kier molecular flexibility index (Phi) is 6.10. The summed E-state index contributed by atoms with van der Waals surface area (Å²) in [6.07, 6.45) is 0. The third kappa shape index (κ3) is 4.26. The van der Waals surface area contributed by atoms with Crippen LogP contribution in [-0.2, 0) is 13.6 Å². The molecule has 0 aliphatic rings. The fourth-order valence-corrected chi connectivity index (χ4v) is 3.74. The van der Waals surface area contributed by atoms with Crippen molar-refractivity contribution in [1.29, 1.82) is 0 Å². The van der Waals surface area contributed by atoms with Gasteiger partial charge in [-0.15, -0.1) is 0 Å². The number of nitrogens with zero attached hydrogens (tertiary/aromatic N) is 1. The average Bonchev–Trinajstić information content (AvgIpc) is 2.65. The summed E-state index contributed by atoms with van der Waals surface area (Å²) in [6, 6.07) is 11.4. The third-order valence-electron chi connectivity index (χ3n) is 3.63. The SMILES string of the molecule is COP(=O)(OC)C(Nc1cccc(C(=O)O)c1)c1cccc([N+](=O)[O-])c1. The van der Waals surface area contributed by atoms with Crippen molar-refractivity contribution in [1.82, 2.24) is 0 Å². The van der Waals surface area contributed by atoms with E-state index in [0.717, 1.165) is 0 Å². The molecule has 26 heavy (non-hydrogen) atoms. The van der Waals surface area contributed by atoms with Crippen molar-refractivity contribution < 1.29 is 28.4 Å². The zero-order valence-corrected chi connectivity index (χ0v) is 14.9. The summed E-state index contributed by atoms with van der Waals surface area (Å²) in [4.78, 5) is 21.6. The molecular formula is C16H17N2O7P. The minimum atomic E-state index is -3.75. The molecule has 2 aromatic rings. The van der Waals surface area contributed by atoms with Crippen LogP contribution in [0.4, 0.5) is 11.4 Å². The van der Waals surface area contributed by atoms with Gasteiger partial charge < -0.3 is 19.5 Å². The Balaban J connectivity index is 2.50. The molecular weight excluding hydrogens is 363 g/mol. The van der Waals surface area contributed by atoms with E-state index < -0.39 is 24.3 Å². The van der Waals surface area contributed by atoms with Crippen LogP contribution in [0.3, 0.4) is 0 Å². The lowest BCUT2D eigenvalue weighted by Gasteiger charge is -2.26. The van der Waals surface area contributed by atoms with E-state index in [1.54, 1.807) is 6.07 Å². The lowest BCUT2D eigenvalue weighted by atomic mass is 10.1. The van der Waals surface area contributed by atoms with E-state index in [1.165, 1.54) is 56.7 Å². The number of non-ortho nitro benzene ring substituents is 1. The highest BCUT2D eigenvalue weighted by Gasteiger charge is 2.36. The first-order valence-corrected chi connectivity index (χ1v) is 8.97. The van der Waals surface area contributed by atoms with Gasteiger partial charge in [-0.2, -0.15) is 0 Å². The van der Waals surface area contributed by atoms with Gasteiger partial charge in [0, 0.05) is 32.0 Å². The Hall–Kier alpha value is -2.74. The van der Waals surface area contributed by atoms with E-state index in [1.807, 2.05) is 0 Å². The van der Waals surface area contributed by atoms with Gasteiger partial charge in [-0.25, -0.2) is 4.79 Å². The first-order valence-electron chi connectivity index (χ1n) is 7.36. The molecule has 1 unspecified atom stereocenters. The minimum absolute atomic E-state index is 0.0254. The summed E-state index contributed by atoms with van der Waals surface area (Å²) in [7, 11) is -1.35. The Labute approximate surface area is 149 Å². The van der Waals surface area contributed by atoms with Crippen LogP contribution in [0.5, 0.6) is 0 Å². The maximum Gasteiger partial charge on any atom is 0.356 e. The van der Waals surface area contributed by atoms with Gasteiger partial charge in [0.1, 0.15) is 0 Å². The number of hydrogen-bond donors (Lipinski definition) is 2. The van der Waals surface area contributed by atoms with Crippen molar-refractivity contribution in [2.45, 2.75) is 5.78 Å². The molecule has 2 aromatic carbocycles. The molecule has 0 bridgehead atoms. The van der Waals surface area contributed by atoms with Crippen molar-refractivity contribution in [2.24, 2.45) is 0 Å². The molecule has 2 N–H and O–H groups in total. The normalized spacial score (nSPS) is 12.4. The molecule has 0 aliphatic heterocycles. The molecule has 0 saturated heterocycles. The van der Waals surface area contributed by atoms with Crippen LogP contribution in [0.2, 0.25) is 0 Å². The number of nitro benzene ring substituents is 1. The quantitative estimate of drug-likeness (QED) is 0.401. The number of aromatic carboxylic acids is 1. The Morgan fingerprint density at radius 1 is 1.19 bits per heavy atom. The second-order valence-electron chi connectivity index (χ2n) is 5.19. The molecule has 0 aromatic heterocycles. The first-order chi connectivity index (χ1) is 12.3. The molecule has 0 radical (unpaired) electrons. The minimum Gasteiger partial charge on any atom is -0.478 e. The van der Waals surface area contributed by atoms with Gasteiger partial charge in [0.05, 0.1) is 10.5 Å². The summed E-state index contributed by atoms with van der Waals surface area (Å²) in [5.41, 5.74) is 0.479. The highest BCUT2D eigenvalue weighted by atomic mass is 31.2. The molecule has 0 heterocycles. The number of carbonyl (C=O) groups is 1. The maximum atomic E-state index is 13.0. The Morgan fingerprint density at radius 3 is 2.42 bits per heavy atom. The predicted octanol–water partition coefficient (Wildman–Crippen LogP) is 3.89. The Morgan fingerprint density at radius 2 is 1.85 bits per heavy atom. The van der Waals surface area contributed by atoms with E-state index in [4.69, 9.17) is 14.2 Å². The summed E-state index contributed by atoms with van der Waals surface area (Å²) in [5.74, 6) is -2.20. The van der Waals surface area contributed by atoms with Crippen LogP contribution in [-0.4, -0.2) is 30.2 Å². The molecule has 0 spiro atoms. The molecule has 1 atom stereocenters. The van der Waals surface area contributed by atoms with Crippen LogP contribution < -0.4 is 5.32 Å². The molecule has 9 nitrogen and oxygen atoms in total. The zero-order chi connectivity index (χ0) is 19.3. The number of benzene rings is 2. The predicted molar refractivity (Wildman–Crippen MR) is 94.5 cm³/mol. The molecule has 0 amide bonds. The van der Waals surface area contributed by atoms with Crippen LogP contribution in [0.15, 0.2) is 48.5 Å². The van der Waals surface area contributed by atoms with Gasteiger partial charge in [0.2, 0.25) is 0 Å². The van der Waals surface area contributed by atoms with Gasteiger partial charge in [-0.05, 0) is 23.8 Å². The van der Waals surface area contributed by atoms with Gasteiger partial charge in [0.25, 0.3) is 5.69 Å². The smallest absolute Gasteiger partial charge is 0.356 e. The second-order valence-corrected chi connectivity index (χ2v) is 7.52. The number of anilines is 1. The number of rotatable bonds is 8. The fraction of sp³-hybridized carbons (Fsp3) is 0.188. The molecule has 2 rings (SSSR count). The molecule has 10 heteroatoms. The van der Waals surface area contributed by atoms with Crippen LogP contribution in [0.25, 0.3) is 0 Å². The molecule has 0 saturated carbocycles.